The van der Waals surface area contributed by atoms with Crippen LogP contribution in [0.4, 0.5) is 4.39 Å². The molecule has 0 aliphatic carbocycles. The van der Waals surface area contributed by atoms with Crippen molar-refractivity contribution < 1.29 is 13.9 Å². The Labute approximate surface area is 155 Å². The number of methoxy groups -OCH3 is 1. The number of H-pyrrole nitrogens is 1. The first-order chi connectivity index (χ1) is 12.6. The van der Waals surface area contributed by atoms with Crippen molar-refractivity contribution in [2.75, 3.05) is 7.11 Å². The van der Waals surface area contributed by atoms with Crippen LogP contribution in [0.15, 0.2) is 53.7 Å². The largest absolute Gasteiger partial charge is 0.497 e. The van der Waals surface area contributed by atoms with Gasteiger partial charge < -0.3 is 4.74 Å². The molecule has 2 aromatic carbocycles. The van der Waals surface area contributed by atoms with E-state index in [9.17, 15) is 9.18 Å². The quantitative estimate of drug-likeness (QED) is 0.493. The molecule has 0 radical (unpaired) electrons. The second kappa shape index (κ2) is 8.14. The molecule has 0 aliphatic rings. The molecule has 0 saturated heterocycles. The Hall–Kier alpha value is -2.67. The molecular formula is C19H18FN3O2S. The zero-order chi connectivity index (χ0) is 18.5. The van der Waals surface area contributed by atoms with Gasteiger partial charge in [0, 0.05) is 5.56 Å². The van der Waals surface area contributed by atoms with Gasteiger partial charge in [-0.1, -0.05) is 30.8 Å². The first kappa shape index (κ1) is 18.1. The predicted molar refractivity (Wildman–Crippen MR) is 99.0 cm³/mol. The monoisotopic (exact) mass is 371 g/mol. The number of halogens is 1. The topological polar surface area (TPSA) is 67.9 Å². The summed E-state index contributed by atoms with van der Waals surface area (Å²) < 4.78 is 19.0. The van der Waals surface area contributed by atoms with E-state index in [1.165, 1.54) is 17.8 Å². The number of carbonyl (C=O) groups excluding carboxylic acids is 1. The number of ether oxygens (including phenoxy) is 1. The number of ketones is 1. The lowest BCUT2D eigenvalue weighted by Gasteiger charge is -2.11. The lowest BCUT2D eigenvalue weighted by atomic mass is 10.1. The summed E-state index contributed by atoms with van der Waals surface area (Å²) in [4.78, 5) is 17.0. The highest BCUT2D eigenvalue weighted by molar-refractivity contribution is 8.00. The van der Waals surface area contributed by atoms with E-state index in [1.54, 1.807) is 49.6 Å². The fraction of sp³-hybridized carbons (Fsp3) is 0.211. The van der Waals surface area contributed by atoms with Gasteiger partial charge in [-0.25, -0.2) is 9.37 Å². The molecule has 3 rings (SSSR count). The van der Waals surface area contributed by atoms with Gasteiger partial charge >= 0.3 is 0 Å². The van der Waals surface area contributed by atoms with Gasteiger partial charge in [0.15, 0.2) is 11.6 Å². The van der Waals surface area contributed by atoms with Crippen LogP contribution in [-0.2, 0) is 0 Å². The smallest absolute Gasteiger partial charge is 0.209 e. The first-order valence-electron chi connectivity index (χ1n) is 8.14. The van der Waals surface area contributed by atoms with Crippen molar-refractivity contribution in [1.82, 2.24) is 15.2 Å². The average Bonchev–Trinajstić information content (AvgIpc) is 3.14. The Bertz CT molecular complexity index is 896. The van der Waals surface area contributed by atoms with E-state index in [1.807, 2.05) is 6.92 Å². The molecule has 0 aliphatic heterocycles. The number of nitrogens with one attached hydrogen (secondary N) is 1. The summed E-state index contributed by atoms with van der Waals surface area (Å²) >= 11 is 1.27. The van der Waals surface area contributed by atoms with Gasteiger partial charge in [-0.3, -0.25) is 9.89 Å². The number of aromatic nitrogens is 3. The Kier molecular flexibility index (Phi) is 5.68. The van der Waals surface area contributed by atoms with Crippen LogP contribution >= 0.6 is 11.8 Å². The Morgan fingerprint density at radius 3 is 2.62 bits per heavy atom. The fourth-order valence-corrected chi connectivity index (χ4v) is 3.37. The maximum absolute atomic E-state index is 13.9. The van der Waals surface area contributed by atoms with E-state index in [4.69, 9.17) is 4.74 Å². The third kappa shape index (κ3) is 3.94. The zero-order valence-corrected chi connectivity index (χ0v) is 15.2. The molecule has 1 heterocycles. The van der Waals surface area contributed by atoms with Crippen LogP contribution in [0.3, 0.4) is 0 Å². The van der Waals surface area contributed by atoms with Crippen molar-refractivity contribution in [3.63, 3.8) is 0 Å². The molecule has 0 spiro atoms. The molecule has 7 heteroatoms. The van der Waals surface area contributed by atoms with Crippen LogP contribution in [0.5, 0.6) is 5.75 Å². The summed E-state index contributed by atoms with van der Waals surface area (Å²) in [6.45, 7) is 1.93. The normalized spacial score (nSPS) is 12.0. The van der Waals surface area contributed by atoms with E-state index < -0.39 is 0 Å². The van der Waals surface area contributed by atoms with Crippen molar-refractivity contribution >= 4 is 17.5 Å². The Balaban J connectivity index is 1.76. The number of Topliss-reactive ketones (excluding diaryl/α,β-unsaturated/α-hetero) is 1. The molecular weight excluding hydrogens is 353 g/mol. The predicted octanol–water partition coefficient (Wildman–Crippen LogP) is 4.37. The highest BCUT2D eigenvalue weighted by atomic mass is 32.2. The van der Waals surface area contributed by atoms with Crippen LogP contribution in [0.2, 0.25) is 0 Å². The standard InChI is InChI=1S/C19H18FN3O2S/c1-3-16(17(24)12-8-10-13(25-2)11-9-12)26-19-21-18(22-23-19)14-6-4-5-7-15(14)20/h4-11,16H,3H2,1-2H3,(H,21,22,23). The van der Waals surface area contributed by atoms with E-state index in [0.717, 1.165) is 0 Å². The molecule has 1 aromatic heterocycles. The van der Waals surface area contributed by atoms with Gasteiger partial charge in [0.25, 0.3) is 0 Å². The number of thioether (sulfide) groups is 1. The molecule has 1 atom stereocenters. The summed E-state index contributed by atoms with van der Waals surface area (Å²) in [7, 11) is 1.58. The lowest BCUT2D eigenvalue weighted by Crippen LogP contribution is -2.16. The third-order valence-electron chi connectivity index (χ3n) is 3.88. The summed E-state index contributed by atoms with van der Waals surface area (Å²) in [5, 5.41) is 6.94. The minimum Gasteiger partial charge on any atom is -0.497 e. The molecule has 5 nitrogen and oxygen atoms in total. The van der Waals surface area contributed by atoms with Crippen molar-refractivity contribution in [2.45, 2.75) is 23.8 Å². The van der Waals surface area contributed by atoms with E-state index in [2.05, 4.69) is 15.2 Å². The lowest BCUT2D eigenvalue weighted by molar-refractivity contribution is 0.0988. The third-order valence-corrected chi connectivity index (χ3v) is 5.10. The molecule has 1 unspecified atom stereocenters. The van der Waals surface area contributed by atoms with Gasteiger partial charge in [-0.05, 0) is 42.8 Å². The Morgan fingerprint density at radius 1 is 1.23 bits per heavy atom. The zero-order valence-electron chi connectivity index (χ0n) is 14.4. The number of hydrogen-bond acceptors (Lipinski definition) is 5. The Morgan fingerprint density at radius 2 is 1.96 bits per heavy atom. The van der Waals surface area contributed by atoms with E-state index >= 15 is 0 Å². The van der Waals surface area contributed by atoms with Crippen LogP contribution in [0, 0.1) is 5.82 Å². The van der Waals surface area contributed by atoms with Gasteiger partial charge in [0.1, 0.15) is 11.6 Å². The summed E-state index contributed by atoms with van der Waals surface area (Å²) in [5.74, 6) is 0.669. The molecule has 1 N–H and O–H groups in total. The minimum atomic E-state index is -0.374. The molecule has 134 valence electrons. The van der Waals surface area contributed by atoms with Crippen molar-refractivity contribution in [1.29, 1.82) is 0 Å². The number of benzene rings is 2. The van der Waals surface area contributed by atoms with Gasteiger partial charge in [-0.15, -0.1) is 5.10 Å². The van der Waals surface area contributed by atoms with Crippen LogP contribution in [-0.4, -0.2) is 33.3 Å². The van der Waals surface area contributed by atoms with Gasteiger partial charge in [-0.2, -0.15) is 0 Å². The second-order valence-corrected chi connectivity index (χ2v) is 6.72. The number of hydrogen-bond donors (Lipinski definition) is 1. The second-order valence-electron chi connectivity index (χ2n) is 5.55. The van der Waals surface area contributed by atoms with Crippen LogP contribution in [0.1, 0.15) is 23.7 Å². The highest BCUT2D eigenvalue weighted by Crippen LogP contribution is 2.28. The van der Waals surface area contributed by atoms with E-state index in [0.29, 0.717) is 34.3 Å². The summed E-state index contributed by atoms with van der Waals surface area (Å²) in [6, 6.07) is 13.3. The minimum absolute atomic E-state index is 0.00241. The molecule has 0 fully saturated rings. The van der Waals surface area contributed by atoms with Crippen LogP contribution in [0.25, 0.3) is 11.4 Å². The number of aromatic amines is 1. The van der Waals surface area contributed by atoms with Gasteiger partial charge in [0.2, 0.25) is 5.16 Å². The van der Waals surface area contributed by atoms with Crippen molar-refractivity contribution in [3.05, 3.63) is 59.9 Å². The molecule has 0 saturated carbocycles. The molecule has 0 bridgehead atoms. The molecule has 26 heavy (non-hydrogen) atoms. The van der Waals surface area contributed by atoms with Gasteiger partial charge in [0.05, 0.1) is 17.9 Å². The summed E-state index contributed by atoms with van der Waals surface area (Å²) in [5.41, 5.74) is 0.955. The highest BCUT2D eigenvalue weighted by Gasteiger charge is 2.22. The maximum Gasteiger partial charge on any atom is 0.209 e. The van der Waals surface area contributed by atoms with Crippen LogP contribution < -0.4 is 4.74 Å². The van der Waals surface area contributed by atoms with Crippen molar-refractivity contribution in [3.8, 4) is 17.1 Å². The fourth-order valence-electron chi connectivity index (χ4n) is 2.46. The number of rotatable bonds is 7. The number of carbonyl (C=O) groups is 1. The first-order valence-corrected chi connectivity index (χ1v) is 9.02. The van der Waals surface area contributed by atoms with E-state index in [-0.39, 0.29) is 16.9 Å². The molecule has 3 aromatic rings. The SMILES string of the molecule is CCC(Sc1n[nH]c(-c2ccccc2F)n1)C(=O)c1ccc(OC)cc1. The number of nitrogens with zero attached hydrogens (tertiary/aromatic N) is 2. The summed E-state index contributed by atoms with van der Waals surface area (Å²) in [6.07, 6.45) is 0.624. The maximum atomic E-state index is 13.9. The molecule has 0 amide bonds. The van der Waals surface area contributed by atoms with Crippen molar-refractivity contribution in [2.24, 2.45) is 0 Å². The average molecular weight is 371 g/mol.